The third-order valence-electron chi connectivity index (χ3n) is 10.1. The average molecular weight is 693 g/mol. The van der Waals surface area contributed by atoms with Crippen molar-refractivity contribution in [2.75, 3.05) is 30.7 Å². The van der Waals surface area contributed by atoms with E-state index in [-0.39, 0.29) is 34.5 Å². The minimum Gasteiger partial charge on any atom is -0.451 e. The second-order valence-corrected chi connectivity index (χ2v) is 14.9. The molecule has 48 heavy (non-hydrogen) atoms. The van der Waals surface area contributed by atoms with Crippen molar-refractivity contribution in [3.8, 4) is 0 Å². The van der Waals surface area contributed by atoms with Crippen LogP contribution in [-0.4, -0.2) is 68.1 Å². The molecule has 2 aliphatic rings. The molecule has 1 N–H and O–H groups in total. The summed E-state index contributed by atoms with van der Waals surface area (Å²) in [7, 11) is 0.379. The molecule has 0 spiro atoms. The number of nitrogens with one attached hydrogen (secondary N) is 1. The monoisotopic (exact) mass is 692 g/mol. The topological polar surface area (TPSA) is 131 Å². The zero-order valence-electron chi connectivity index (χ0n) is 27.3. The Morgan fingerprint density at radius 3 is 2.50 bits per heavy atom. The molecule has 2 fully saturated rings. The molecule has 2 atom stereocenters. The van der Waals surface area contributed by atoms with Crippen LogP contribution < -0.4 is 15.1 Å². The molecule has 3 heterocycles. The first kappa shape index (κ1) is 33.9. The van der Waals surface area contributed by atoms with Crippen LogP contribution in [0.4, 0.5) is 5.69 Å². The molecule has 13 heteroatoms. The number of anilines is 1. The Balaban J connectivity index is 1.22. The second kappa shape index (κ2) is 14.6. The van der Waals surface area contributed by atoms with Crippen LogP contribution in [0.3, 0.4) is 0 Å². The number of piperidine rings is 1. The van der Waals surface area contributed by atoms with Gasteiger partial charge in [-0.2, -0.15) is 5.10 Å². The van der Waals surface area contributed by atoms with E-state index in [4.69, 9.17) is 16.0 Å². The number of hydrogen-bond donors (Lipinski definition) is 1. The average Bonchev–Trinajstić information content (AvgIpc) is 3.61. The lowest BCUT2D eigenvalue weighted by molar-refractivity contribution is -0.136. The smallest absolute Gasteiger partial charge is 0.287 e. The number of likely N-dealkylation sites (tertiary alicyclic amines) is 1. The second-order valence-electron chi connectivity index (χ2n) is 13.0. The fourth-order valence-corrected chi connectivity index (χ4v) is 7.86. The summed E-state index contributed by atoms with van der Waals surface area (Å²) >= 11 is 6.13. The lowest BCUT2D eigenvalue weighted by Gasteiger charge is -2.48. The number of rotatable bonds is 10. The van der Waals surface area contributed by atoms with Gasteiger partial charge < -0.3 is 14.6 Å². The number of hydrogen-bond acceptors (Lipinski definition) is 7. The van der Waals surface area contributed by atoms with Gasteiger partial charge in [-0.25, -0.2) is 9.19 Å². The minimum absolute atomic E-state index is 0.0230. The van der Waals surface area contributed by atoms with Gasteiger partial charge in [-0.3, -0.25) is 23.4 Å². The summed E-state index contributed by atoms with van der Waals surface area (Å²) < 4.78 is 21.3. The van der Waals surface area contributed by atoms with E-state index in [9.17, 15) is 18.6 Å². The van der Waals surface area contributed by atoms with Crippen molar-refractivity contribution in [2.24, 2.45) is 11.3 Å². The van der Waals surface area contributed by atoms with Crippen LogP contribution in [0.5, 0.6) is 0 Å². The van der Waals surface area contributed by atoms with Crippen LogP contribution in [0.15, 0.2) is 70.4 Å². The third-order valence-corrected chi connectivity index (χ3v) is 11.4. The molecule has 2 aromatic heterocycles. The van der Waals surface area contributed by atoms with E-state index in [1.54, 1.807) is 50.0 Å². The molecule has 1 unspecified atom stereocenters. The molecule has 2 aromatic carbocycles. The van der Waals surface area contributed by atoms with Crippen LogP contribution in [0, 0.1) is 11.3 Å². The Bertz CT molecular complexity index is 1830. The first-order valence-electron chi connectivity index (χ1n) is 16.4. The van der Waals surface area contributed by atoms with Gasteiger partial charge in [-0.1, -0.05) is 43.0 Å². The van der Waals surface area contributed by atoms with Crippen LogP contribution in [0.2, 0.25) is 5.02 Å². The predicted octanol–water partition coefficient (Wildman–Crippen LogP) is 5.00. The Labute approximate surface area is 287 Å². The van der Waals surface area contributed by atoms with Gasteiger partial charge in [0.1, 0.15) is 35.3 Å². The molecule has 1 aliphatic heterocycles. The Morgan fingerprint density at radius 1 is 1.10 bits per heavy atom. The molecule has 6 rings (SSSR count). The van der Waals surface area contributed by atoms with Crippen molar-refractivity contribution in [1.29, 1.82) is 0 Å². The van der Waals surface area contributed by atoms with Crippen molar-refractivity contribution >= 4 is 51.1 Å². The lowest BCUT2D eigenvalue weighted by Crippen LogP contribution is -2.54. The van der Waals surface area contributed by atoms with E-state index in [0.29, 0.717) is 29.7 Å². The summed E-state index contributed by atoms with van der Waals surface area (Å²) in [6.45, 7) is 1.92. The van der Waals surface area contributed by atoms with Crippen LogP contribution in [0.1, 0.15) is 61.1 Å². The minimum atomic E-state index is -1.28. The number of halogens is 1. The van der Waals surface area contributed by atoms with Gasteiger partial charge in [-0.15, -0.1) is 0 Å². The summed E-state index contributed by atoms with van der Waals surface area (Å²) in [5.41, 5.74) is 1.24. The Hall–Kier alpha value is -4.03. The van der Waals surface area contributed by atoms with Gasteiger partial charge in [0, 0.05) is 56.1 Å². The molecule has 11 nitrogen and oxygen atoms in total. The van der Waals surface area contributed by atoms with E-state index >= 15 is 0 Å². The fraction of sp³-hybridized carbons (Fsp3) is 0.457. The highest BCUT2D eigenvalue weighted by atomic mass is 35.5. The SMILES string of the molecule is CN(c1ccc2oc(C(=O)N[C@H](Cc3ccc(Cl)cc3)C(=O)N3CCC(Cn4cncn4)(C4CCCCC4)CC3)cc(=O)c2c1)S(C)=O. The van der Waals surface area contributed by atoms with E-state index in [1.165, 1.54) is 42.7 Å². The highest BCUT2D eigenvalue weighted by Crippen LogP contribution is 2.47. The van der Waals surface area contributed by atoms with Crippen molar-refractivity contribution in [3.63, 3.8) is 0 Å². The molecular weight excluding hydrogens is 652 g/mol. The highest BCUT2D eigenvalue weighted by molar-refractivity contribution is 7.85. The quantitative estimate of drug-likeness (QED) is 0.248. The van der Waals surface area contributed by atoms with Gasteiger partial charge in [0.25, 0.3) is 5.91 Å². The summed E-state index contributed by atoms with van der Waals surface area (Å²) in [6, 6.07) is 12.3. The fourth-order valence-electron chi connectivity index (χ4n) is 7.33. The first-order chi connectivity index (χ1) is 23.1. The zero-order chi connectivity index (χ0) is 33.8. The standard InChI is InChI=1S/C35H41ClN6O5S/c1-40(48(2)46)27-12-13-31-28(19-27)30(43)20-32(47-31)33(44)39-29(18-24-8-10-26(36)11-9-24)34(45)41-16-14-35(15-17-41,21-42-23-37-22-38-42)25-6-4-3-5-7-25/h8-13,19-20,22-23,25,29H,3-7,14-18,21H2,1-2H3,(H,39,44)/t29-,48?/m1/s1. The number of aromatic nitrogens is 3. The third kappa shape index (κ3) is 7.49. The van der Waals surface area contributed by atoms with Gasteiger partial charge in [0.15, 0.2) is 11.2 Å². The van der Waals surface area contributed by atoms with Crippen LogP contribution in [0.25, 0.3) is 11.0 Å². The summed E-state index contributed by atoms with van der Waals surface area (Å²) in [6.07, 6.45) is 12.9. The molecule has 254 valence electrons. The maximum atomic E-state index is 14.2. The number of carbonyl (C=O) groups is 2. The summed E-state index contributed by atoms with van der Waals surface area (Å²) in [5, 5.41) is 8.13. The molecule has 1 aliphatic carbocycles. The van der Waals surface area contributed by atoms with Gasteiger partial charge >= 0.3 is 0 Å². The molecule has 0 bridgehead atoms. The Morgan fingerprint density at radius 2 is 1.83 bits per heavy atom. The van der Waals surface area contributed by atoms with Crippen molar-refractivity contribution in [3.05, 3.63) is 87.8 Å². The van der Waals surface area contributed by atoms with Crippen LogP contribution in [-0.2, 0) is 28.7 Å². The van der Waals surface area contributed by atoms with E-state index < -0.39 is 28.4 Å². The molecule has 2 amide bonds. The maximum absolute atomic E-state index is 14.2. The number of fused-ring (bicyclic) bond motifs is 1. The number of carbonyl (C=O) groups excluding carboxylic acids is 2. The van der Waals surface area contributed by atoms with Crippen molar-refractivity contribution in [1.82, 2.24) is 25.0 Å². The predicted molar refractivity (Wildman–Crippen MR) is 186 cm³/mol. The molecule has 1 saturated carbocycles. The molecule has 4 aromatic rings. The molecular formula is C35H41ClN6O5S. The van der Waals surface area contributed by atoms with Gasteiger partial charge in [0.2, 0.25) is 5.91 Å². The summed E-state index contributed by atoms with van der Waals surface area (Å²) in [4.78, 5) is 47.0. The van der Waals surface area contributed by atoms with Gasteiger partial charge in [-0.05, 0) is 72.9 Å². The van der Waals surface area contributed by atoms with Gasteiger partial charge in [0.05, 0.1) is 5.39 Å². The largest absolute Gasteiger partial charge is 0.451 e. The highest BCUT2D eigenvalue weighted by Gasteiger charge is 2.44. The first-order valence-corrected chi connectivity index (χ1v) is 18.3. The van der Waals surface area contributed by atoms with E-state index in [0.717, 1.165) is 31.0 Å². The summed E-state index contributed by atoms with van der Waals surface area (Å²) in [5.74, 6) is -0.463. The molecule has 1 saturated heterocycles. The normalized spacial score (nSPS) is 17.9. The maximum Gasteiger partial charge on any atom is 0.287 e. The Kier molecular flexibility index (Phi) is 10.3. The number of amides is 2. The molecule has 0 radical (unpaired) electrons. The van der Waals surface area contributed by atoms with E-state index in [1.807, 2.05) is 21.7 Å². The number of nitrogens with zero attached hydrogens (tertiary/aromatic N) is 5. The van der Waals surface area contributed by atoms with E-state index in [2.05, 4.69) is 15.4 Å². The number of benzene rings is 2. The van der Waals surface area contributed by atoms with Crippen molar-refractivity contribution in [2.45, 2.75) is 64.0 Å². The van der Waals surface area contributed by atoms with Crippen LogP contribution >= 0.6 is 11.6 Å². The van der Waals surface area contributed by atoms with Crippen molar-refractivity contribution < 1.29 is 18.2 Å². The lowest BCUT2D eigenvalue weighted by atomic mass is 9.63. The zero-order valence-corrected chi connectivity index (χ0v) is 28.8.